The van der Waals surface area contributed by atoms with Gasteiger partial charge in [-0.25, -0.2) is 4.79 Å². The second-order valence-electron chi connectivity index (χ2n) is 6.61. The van der Waals surface area contributed by atoms with Gasteiger partial charge in [-0.15, -0.1) is 0 Å². The molecule has 0 saturated heterocycles. The standard InChI is InChI=1S/C20H18BrNO2/c1-11-5-7-12(8-6-11)18-15-4-2-3-14(15)16-9-13(21)10-17(20(23)24)19(16)22-18/h2-3,5-10,14-15,18,22H,4H2,1H3,(H,23,24)/t14-,15+,18+/m0/s1. The molecular formula is C20H18BrNO2. The van der Waals surface area contributed by atoms with Crippen molar-refractivity contribution >= 4 is 27.6 Å². The summed E-state index contributed by atoms with van der Waals surface area (Å²) in [6.45, 7) is 2.08. The van der Waals surface area contributed by atoms with Gasteiger partial charge in [-0.1, -0.05) is 57.9 Å². The maximum absolute atomic E-state index is 11.7. The lowest BCUT2D eigenvalue weighted by atomic mass is 9.76. The number of hydrogen-bond acceptors (Lipinski definition) is 2. The van der Waals surface area contributed by atoms with Crippen LogP contribution in [0.2, 0.25) is 0 Å². The maximum atomic E-state index is 11.7. The Bertz CT molecular complexity index is 841. The van der Waals surface area contributed by atoms with Crippen molar-refractivity contribution in [3.63, 3.8) is 0 Å². The van der Waals surface area contributed by atoms with E-state index in [1.807, 2.05) is 6.07 Å². The van der Waals surface area contributed by atoms with Crippen LogP contribution in [-0.4, -0.2) is 11.1 Å². The molecule has 0 fully saturated rings. The Morgan fingerprint density at radius 3 is 2.71 bits per heavy atom. The third-order valence-electron chi connectivity index (χ3n) is 5.10. The summed E-state index contributed by atoms with van der Waals surface area (Å²) in [6, 6.07) is 12.4. The fourth-order valence-electron chi connectivity index (χ4n) is 3.94. The second-order valence-corrected chi connectivity index (χ2v) is 7.52. The largest absolute Gasteiger partial charge is 0.478 e. The van der Waals surface area contributed by atoms with Gasteiger partial charge >= 0.3 is 5.97 Å². The molecule has 4 heteroatoms. The van der Waals surface area contributed by atoms with Crippen molar-refractivity contribution in [1.82, 2.24) is 0 Å². The molecular weight excluding hydrogens is 366 g/mol. The number of carboxylic acids is 1. The topological polar surface area (TPSA) is 49.3 Å². The maximum Gasteiger partial charge on any atom is 0.337 e. The molecule has 0 unspecified atom stereocenters. The van der Waals surface area contributed by atoms with E-state index in [4.69, 9.17) is 0 Å². The van der Waals surface area contributed by atoms with E-state index in [2.05, 4.69) is 64.6 Å². The molecule has 0 radical (unpaired) electrons. The number of benzene rings is 2. The first-order valence-electron chi connectivity index (χ1n) is 8.11. The Balaban J connectivity index is 1.86. The number of rotatable bonds is 2. The van der Waals surface area contributed by atoms with Crippen LogP contribution in [0.3, 0.4) is 0 Å². The number of halogens is 1. The highest BCUT2D eigenvalue weighted by Crippen LogP contribution is 2.51. The normalized spacial score (nSPS) is 24.2. The number of nitrogens with one attached hydrogen (secondary N) is 1. The molecule has 2 aliphatic rings. The average molecular weight is 384 g/mol. The Kier molecular flexibility index (Phi) is 3.72. The number of carboxylic acid groups (broad SMARTS) is 1. The average Bonchev–Trinajstić information content (AvgIpc) is 3.04. The molecule has 24 heavy (non-hydrogen) atoms. The molecule has 0 saturated carbocycles. The summed E-state index contributed by atoms with van der Waals surface area (Å²) >= 11 is 3.46. The van der Waals surface area contributed by atoms with Crippen LogP contribution in [0.1, 0.15) is 45.4 Å². The number of allylic oxidation sites excluding steroid dienone is 2. The minimum atomic E-state index is -0.900. The Labute approximate surface area is 149 Å². The number of fused-ring (bicyclic) bond motifs is 3. The molecule has 2 aromatic carbocycles. The zero-order valence-corrected chi connectivity index (χ0v) is 14.9. The third-order valence-corrected chi connectivity index (χ3v) is 5.56. The molecule has 3 nitrogen and oxygen atoms in total. The van der Waals surface area contributed by atoms with Crippen LogP contribution in [0, 0.1) is 12.8 Å². The van der Waals surface area contributed by atoms with Crippen LogP contribution >= 0.6 is 15.9 Å². The van der Waals surface area contributed by atoms with Crippen LogP contribution in [0.5, 0.6) is 0 Å². The highest BCUT2D eigenvalue weighted by Gasteiger charge is 2.39. The molecule has 1 aliphatic heterocycles. The summed E-state index contributed by atoms with van der Waals surface area (Å²) in [5, 5.41) is 13.2. The molecule has 3 atom stereocenters. The van der Waals surface area contributed by atoms with Crippen molar-refractivity contribution in [2.45, 2.75) is 25.3 Å². The molecule has 1 aliphatic carbocycles. The van der Waals surface area contributed by atoms with E-state index in [-0.39, 0.29) is 12.0 Å². The van der Waals surface area contributed by atoms with Crippen molar-refractivity contribution in [1.29, 1.82) is 0 Å². The van der Waals surface area contributed by atoms with Gasteiger partial charge in [0.25, 0.3) is 0 Å². The van der Waals surface area contributed by atoms with Crippen LogP contribution in [0.15, 0.2) is 53.0 Å². The predicted octanol–water partition coefficient (Wildman–Crippen LogP) is 5.28. The summed E-state index contributed by atoms with van der Waals surface area (Å²) in [4.78, 5) is 11.7. The van der Waals surface area contributed by atoms with Crippen molar-refractivity contribution in [3.05, 3.63) is 75.3 Å². The molecule has 4 rings (SSSR count). The molecule has 0 bridgehead atoms. The quantitative estimate of drug-likeness (QED) is 0.693. The van der Waals surface area contributed by atoms with Crippen molar-refractivity contribution in [3.8, 4) is 0 Å². The Morgan fingerprint density at radius 1 is 1.25 bits per heavy atom. The highest BCUT2D eigenvalue weighted by molar-refractivity contribution is 9.10. The van der Waals surface area contributed by atoms with E-state index in [1.54, 1.807) is 6.07 Å². The summed E-state index contributed by atoms with van der Waals surface area (Å²) in [5.74, 6) is -0.234. The van der Waals surface area contributed by atoms with Crippen LogP contribution in [-0.2, 0) is 0 Å². The zero-order valence-electron chi connectivity index (χ0n) is 13.3. The van der Waals surface area contributed by atoms with Crippen LogP contribution in [0.25, 0.3) is 0 Å². The lowest BCUT2D eigenvalue weighted by Gasteiger charge is -2.38. The van der Waals surface area contributed by atoms with Crippen molar-refractivity contribution < 1.29 is 9.90 Å². The summed E-state index contributed by atoms with van der Waals surface area (Å²) in [7, 11) is 0. The van der Waals surface area contributed by atoms with Gasteiger partial charge in [0.15, 0.2) is 0 Å². The third kappa shape index (κ3) is 2.46. The molecule has 122 valence electrons. The number of anilines is 1. The molecule has 1 heterocycles. The van der Waals surface area contributed by atoms with Gasteiger partial charge < -0.3 is 10.4 Å². The van der Waals surface area contributed by atoms with Gasteiger partial charge in [0.2, 0.25) is 0 Å². The van der Waals surface area contributed by atoms with Crippen LogP contribution in [0.4, 0.5) is 5.69 Å². The van der Waals surface area contributed by atoms with E-state index in [9.17, 15) is 9.90 Å². The first-order chi connectivity index (χ1) is 11.5. The smallest absolute Gasteiger partial charge is 0.337 e. The van der Waals surface area contributed by atoms with Crippen molar-refractivity contribution in [2.75, 3.05) is 5.32 Å². The summed E-state index contributed by atoms with van der Waals surface area (Å²) < 4.78 is 0.813. The number of aryl methyl sites for hydroxylation is 1. The minimum absolute atomic E-state index is 0.123. The first-order valence-corrected chi connectivity index (χ1v) is 8.90. The fourth-order valence-corrected chi connectivity index (χ4v) is 4.41. The minimum Gasteiger partial charge on any atom is -0.478 e. The van der Waals surface area contributed by atoms with Gasteiger partial charge in [-0.3, -0.25) is 0 Å². The van der Waals surface area contributed by atoms with Gasteiger partial charge in [0.1, 0.15) is 0 Å². The van der Waals surface area contributed by atoms with E-state index in [1.165, 1.54) is 11.1 Å². The first kappa shape index (κ1) is 15.5. The van der Waals surface area contributed by atoms with Gasteiger partial charge in [0, 0.05) is 10.4 Å². The van der Waals surface area contributed by atoms with E-state index in [0.717, 1.165) is 22.1 Å². The number of aromatic carboxylic acids is 1. The van der Waals surface area contributed by atoms with Gasteiger partial charge in [-0.05, 0) is 42.5 Å². The molecule has 0 spiro atoms. The predicted molar refractivity (Wildman–Crippen MR) is 98.6 cm³/mol. The lowest BCUT2D eigenvalue weighted by Crippen LogP contribution is -2.30. The number of hydrogen-bond donors (Lipinski definition) is 2. The van der Waals surface area contributed by atoms with Gasteiger partial charge in [-0.2, -0.15) is 0 Å². The number of carbonyl (C=O) groups is 1. The molecule has 0 aromatic heterocycles. The second kappa shape index (κ2) is 5.78. The molecule has 0 amide bonds. The van der Waals surface area contributed by atoms with Gasteiger partial charge in [0.05, 0.1) is 17.3 Å². The summed E-state index contributed by atoms with van der Waals surface area (Å²) in [5.41, 5.74) is 4.60. The Hall–Kier alpha value is -2.07. The highest BCUT2D eigenvalue weighted by atomic mass is 79.9. The Morgan fingerprint density at radius 2 is 2.00 bits per heavy atom. The summed E-state index contributed by atoms with van der Waals surface area (Å²) in [6.07, 6.45) is 5.45. The SMILES string of the molecule is Cc1ccc([C@H]2Nc3c(C(=O)O)cc(Br)cc3[C@H]3C=CC[C@H]32)cc1. The van der Waals surface area contributed by atoms with E-state index < -0.39 is 5.97 Å². The lowest BCUT2D eigenvalue weighted by molar-refractivity contribution is 0.0697. The fraction of sp³-hybridized carbons (Fsp3) is 0.250. The monoisotopic (exact) mass is 383 g/mol. The molecule has 2 aromatic rings. The van der Waals surface area contributed by atoms with Crippen LogP contribution < -0.4 is 5.32 Å². The van der Waals surface area contributed by atoms with Crippen molar-refractivity contribution in [2.24, 2.45) is 5.92 Å². The molecule has 2 N–H and O–H groups in total. The van der Waals surface area contributed by atoms with E-state index >= 15 is 0 Å². The van der Waals surface area contributed by atoms with E-state index in [0.29, 0.717) is 11.5 Å². The zero-order chi connectivity index (χ0) is 16.8.